The first-order valence-corrected chi connectivity index (χ1v) is 10.5. The molecule has 10 heteroatoms. The van der Waals surface area contributed by atoms with Crippen molar-refractivity contribution in [3.8, 4) is 0 Å². The first-order valence-electron chi connectivity index (χ1n) is 8.92. The number of hydrogen-bond acceptors (Lipinski definition) is 5. The van der Waals surface area contributed by atoms with E-state index in [1.54, 1.807) is 23.7 Å². The summed E-state index contributed by atoms with van der Waals surface area (Å²) in [5.74, 6) is -2.53. The number of Topliss-reactive ketones (excluding diaryl/α,β-unsaturated/α-hetero) is 1. The highest BCUT2D eigenvalue weighted by Crippen LogP contribution is 2.38. The summed E-state index contributed by atoms with van der Waals surface area (Å²) in [6.07, 6.45) is -1.96. The molecule has 0 fully saturated rings. The van der Waals surface area contributed by atoms with Gasteiger partial charge in [0.25, 0.3) is 16.5 Å². The van der Waals surface area contributed by atoms with Crippen molar-refractivity contribution in [1.29, 1.82) is 5.41 Å². The molecule has 4 N–H and O–H groups in total. The van der Waals surface area contributed by atoms with Crippen molar-refractivity contribution >= 4 is 27.4 Å². The van der Waals surface area contributed by atoms with Crippen LogP contribution in [0.25, 0.3) is 5.57 Å². The molecule has 1 aliphatic rings. The maximum absolute atomic E-state index is 13.7. The number of rotatable bonds is 7. The van der Waals surface area contributed by atoms with Crippen LogP contribution in [0.2, 0.25) is 0 Å². The second kappa shape index (κ2) is 8.72. The normalized spacial score (nSPS) is 13.8. The minimum absolute atomic E-state index is 0.0140. The van der Waals surface area contributed by atoms with Crippen LogP contribution in [0.5, 0.6) is 0 Å². The van der Waals surface area contributed by atoms with Crippen molar-refractivity contribution in [3.05, 3.63) is 76.4 Å². The van der Waals surface area contributed by atoms with Crippen molar-refractivity contribution in [1.82, 2.24) is 5.48 Å². The average molecular weight is 435 g/mol. The molecule has 0 radical (unpaired) electrons. The quantitative estimate of drug-likeness (QED) is 0.266. The number of allylic oxidation sites excluding steroid dienone is 1. The lowest BCUT2D eigenvalue weighted by Crippen LogP contribution is -2.34. The number of ketones is 1. The van der Waals surface area contributed by atoms with Crippen LogP contribution >= 0.6 is 0 Å². The third kappa shape index (κ3) is 4.89. The van der Waals surface area contributed by atoms with Gasteiger partial charge in [-0.25, -0.2) is 14.3 Å². The molecule has 0 heterocycles. The number of hydrogen-bond donors (Lipinski definition) is 3. The predicted octanol–water partition coefficient (Wildman–Crippen LogP) is 2.63. The zero-order valence-electron chi connectivity index (χ0n) is 15.7. The molecule has 1 aliphatic carbocycles. The predicted molar refractivity (Wildman–Crippen MR) is 107 cm³/mol. The molecule has 2 aromatic carbocycles. The van der Waals surface area contributed by atoms with E-state index >= 15 is 0 Å². The SMILES string of the molecule is N=C(N)NOS(=O)(=O)CC(=O)c1cccc(C2=C(C(F)F)CCc3ccccc32)c1. The van der Waals surface area contributed by atoms with Gasteiger partial charge in [-0.3, -0.25) is 10.2 Å². The number of benzene rings is 2. The van der Waals surface area contributed by atoms with Gasteiger partial charge in [0.1, 0.15) is 5.75 Å². The molecule has 0 aromatic heterocycles. The number of halogens is 2. The Balaban J connectivity index is 1.96. The summed E-state index contributed by atoms with van der Waals surface area (Å²) >= 11 is 0. The monoisotopic (exact) mass is 435 g/mol. The Morgan fingerprint density at radius 3 is 2.60 bits per heavy atom. The topological polar surface area (TPSA) is 122 Å². The van der Waals surface area contributed by atoms with Crippen LogP contribution in [0.1, 0.15) is 33.5 Å². The zero-order valence-corrected chi connectivity index (χ0v) is 16.5. The van der Waals surface area contributed by atoms with E-state index in [1.165, 1.54) is 18.2 Å². The van der Waals surface area contributed by atoms with Gasteiger partial charge in [0.2, 0.25) is 5.96 Å². The zero-order chi connectivity index (χ0) is 21.9. The van der Waals surface area contributed by atoms with Gasteiger partial charge in [-0.1, -0.05) is 42.5 Å². The van der Waals surface area contributed by atoms with Crippen molar-refractivity contribution < 1.29 is 26.3 Å². The van der Waals surface area contributed by atoms with Gasteiger partial charge in [0, 0.05) is 11.1 Å². The average Bonchev–Trinajstić information content (AvgIpc) is 2.71. The molecule has 0 amide bonds. The van der Waals surface area contributed by atoms with Gasteiger partial charge in [-0.15, -0.1) is 4.28 Å². The molecule has 0 aliphatic heterocycles. The second-order valence-corrected chi connectivity index (χ2v) is 8.23. The third-order valence-corrected chi connectivity index (χ3v) is 5.55. The van der Waals surface area contributed by atoms with E-state index in [-0.39, 0.29) is 17.6 Å². The minimum Gasteiger partial charge on any atom is -0.368 e. The van der Waals surface area contributed by atoms with Crippen LogP contribution in [0.3, 0.4) is 0 Å². The Bertz CT molecular complexity index is 1130. The number of guanidine groups is 1. The second-order valence-electron chi connectivity index (χ2n) is 6.66. The van der Waals surface area contributed by atoms with Crippen molar-refractivity contribution in [3.63, 3.8) is 0 Å². The molecule has 158 valence electrons. The Morgan fingerprint density at radius 1 is 1.17 bits per heavy atom. The fourth-order valence-corrected chi connectivity index (χ4v) is 4.10. The summed E-state index contributed by atoms with van der Waals surface area (Å²) in [5.41, 5.74) is 9.00. The number of aryl methyl sites for hydroxylation is 1. The Kier molecular flexibility index (Phi) is 6.28. The van der Waals surface area contributed by atoms with Crippen molar-refractivity contribution in [2.75, 3.05) is 5.75 Å². The van der Waals surface area contributed by atoms with E-state index in [9.17, 15) is 22.0 Å². The van der Waals surface area contributed by atoms with Crippen LogP contribution in [0.4, 0.5) is 8.78 Å². The van der Waals surface area contributed by atoms with Gasteiger partial charge in [0.05, 0.1) is 0 Å². The molecule has 0 bridgehead atoms. The highest BCUT2D eigenvalue weighted by atomic mass is 32.2. The smallest absolute Gasteiger partial charge is 0.295 e. The number of fused-ring (bicyclic) bond motifs is 1. The maximum atomic E-state index is 13.7. The number of carbonyl (C=O) groups is 1. The number of nitrogens with two attached hydrogens (primary N) is 1. The van der Waals surface area contributed by atoms with Gasteiger partial charge in [-0.2, -0.15) is 8.42 Å². The summed E-state index contributed by atoms with van der Waals surface area (Å²) in [7, 11) is -4.35. The van der Waals surface area contributed by atoms with Gasteiger partial charge >= 0.3 is 0 Å². The molecule has 3 rings (SSSR count). The highest BCUT2D eigenvalue weighted by Gasteiger charge is 2.26. The van der Waals surface area contributed by atoms with Gasteiger partial charge in [0.15, 0.2) is 5.78 Å². The largest absolute Gasteiger partial charge is 0.368 e. The first-order chi connectivity index (χ1) is 14.2. The Labute approximate surface area is 172 Å². The third-order valence-electron chi connectivity index (χ3n) is 4.59. The molecule has 0 saturated heterocycles. The number of hydroxylamine groups is 1. The Morgan fingerprint density at radius 2 is 1.90 bits per heavy atom. The summed E-state index contributed by atoms with van der Waals surface area (Å²) in [6, 6.07) is 13.1. The summed E-state index contributed by atoms with van der Waals surface area (Å²) in [6.45, 7) is 0. The van der Waals surface area contributed by atoms with Crippen LogP contribution in [-0.2, 0) is 20.8 Å². The van der Waals surface area contributed by atoms with Crippen LogP contribution in [0.15, 0.2) is 54.1 Å². The molecule has 0 saturated carbocycles. The van der Waals surface area contributed by atoms with Gasteiger partial charge < -0.3 is 5.73 Å². The minimum atomic E-state index is -4.35. The lowest BCUT2D eigenvalue weighted by atomic mass is 9.82. The van der Waals surface area contributed by atoms with Crippen molar-refractivity contribution in [2.45, 2.75) is 19.3 Å². The first kappa shape index (κ1) is 21.6. The van der Waals surface area contributed by atoms with Gasteiger partial charge in [-0.05, 0) is 41.2 Å². The molecule has 0 atom stereocenters. The summed E-state index contributed by atoms with van der Waals surface area (Å²) in [4.78, 5) is 12.5. The molecule has 30 heavy (non-hydrogen) atoms. The maximum Gasteiger partial charge on any atom is 0.295 e. The fraction of sp³-hybridized carbons (Fsp3) is 0.200. The molecule has 7 nitrogen and oxygen atoms in total. The lowest BCUT2D eigenvalue weighted by molar-refractivity contribution is 0.101. The van der Waals surface area contributed by atoms with E-state index in [1.807, 2.05) is 12.1 Å². The lowest BCUT2D eigenvalue weighted by Gasteiger charge is -2.24. The molecule has 2 aromatic rings. The van der Waals surface area contributed by atoms with Crippen LogP contribution < -0.4 is 11.2 Å². The molecule has 0 unspecified atom stereocenters. The summed E-state index contributed by atoms with van der Waals surface area (Å²) in [5, 5.41) is 6.90. The fourth-order valence-electron chi connectivity index (χ4n) is 3.34. The van der Waals surface area contributed by atoms with Crippen molar-refractivity contribution in [2.24, 2.45) is 5.73 Å². The molecular formula is C20H19F2N3O4S. The van der Waals surface area contributed by atoms with E-state index in [4.69, 9.17) is 11.1 Å². The Hall–Kier alpha value is -3.11. The van der Waals surface area contributed by atoms with E-state index < -0.39 is 34.0 Å². The number of alkyl halides is 2. The van der Waals surface area contributed by atoms with Crippen LogP contribution in [0, 0.1) is 5.41 Å². The summed E-state index contributed by atoms with van der Waals surface area (Å²) < 4.78 is 55.4. The standard InChI is InChI=1S/C20H19F2N3O4S/c21-19(22)16-9-8-12-4-1-2-7-15(12)18(16)14-6-3-5-13(10-14)17(26)11-30(27,28)29-25-20(23)24/h1-7,10,19H,8-9,11H2,(H4,23,24,25). The molecular weight excluding hydrogens is 416 g/mol. The number of nitrogens with one attached hydrogen (secondary N) is 2. The van der Waals surface area contributed by atoms with E-state index in [0.717, 1.165) is 5.56 Å². The number of carbonyl (C=O) groups excluding carboxylic acids is 1. The molecule has 0 spiro atoms. The highest BCUT2D eigenvalue weighted by molar-refractivity contribution is 7.87. The van der Waals surface area contributed by atoms with Crippen LogP contribution in [-0.4, -0.2) is 32.3 Å². The van der Waals surface area contributed by atoms with E-state index in [2.05, 4.69) is 4.28 Å². The van der Waals surface area contributed by atoms with E-state index in [0.29, 0.717) is 23.1 Å².